The Hall–Kier alpha value is -2.82. The molecule has 0 radical (unpaired) electrons. The smallest absolute Gasteiger partial charge is 0.257 e. The molecule has 2 aromatic rings. The summed E-state index contributed by atoms with van der Waals surface area (Å²) in [6, 6.07) is 9.39. The van der Waals surface area contributed by atoms with Crippen molar-refractivity contribution in [1.29, 1.82) is 0 Å². The maximum absolute atomic E-state index is 13.0. The number of benzene rings is 1. The van der Waals surface area contributed by atoms with E-state index < -0.39 is 0 Å². The fraction of sp³-hybridized carbons (Fsp3) is 0.440. The van der Waals surface area contributed by atoms with Crippen LogP contribution in [0.1, 0.15) is 66.3 Å². The van der Waals surface area contributed by atoms with Crippen molar-refractivity contribution in [1.82, 2.24) is 9.88 Å². The van der Waals surface area contributed by atoms with E-state index in [-0.39, 0.29) is 16.9 Å². The number of pyridine rings is 1. The Kier molecular flexibility index (Phi) is 7.50. The summed E-state index contributed by atoms with van der Waals surface area (Å²) in [5.41, 5.74) is 4.07. The number of hydrogen-bond acceptors (Lipinski definition) is 3. The fourth-order valence-corrected chi connectivity index (χ4v) is 4.22. The molecule has 5 heteroatoms. The molecule has 5 nitrogen and oxygen atoms in total. The molecule has 160 valence electrons. The van der Waals surface area contributed by atoms with Gasteiger partial charge in [0.15, 0.2) is 5.43 Å². The first-order valence-electron chi connectivity index (χ1n) is 10.9. The van der Waals surface area contributed by atoms with Crippen molar-refractivity contribution in [3.05, 3.63) is 74.7 Å². The Labute approximate surface area is 178 Å². The highest BCUT2D eigenvalue weighted by Gasteiger charge is 2.20. The Morgan fingerprint density at radius 1 is 1.23 bits per heavy atom. The molecule has 0 atom stereocenters. The zero-order valence-electron chi connectivity index (χ0n) is 18.3. The Morgan fingerprint density at radius 3 is 2.73 bits per heavy atom. The zero-order valence-corrected chi connectivity index (χ0v) is 18.3. The van der Waals surface area contributed by atoms with Gasteiger partial charge in [0.25, 0.3) is 5.91 Å². The minimum absolute atomic E-state index is 0.213. The summed E-state index contributed by atoms with van der Waals surface area (Å²) in [6.07, 6.45) is 8.48. The lowest BCUT2D eigenvalue weighted by molar-refractivity contribution is 0.0951. The number of methoxy groups -OCH3 is 1. The quantitative estimate of drug-likeness (QED) is 0.659. The van der Waals surface area contributed by atoms with Crippen LogP contribution in [0.25, 0.3) is 0 Å². The first kappa shape index (κ1) is 21.9. The van der Waals surface area contributed by atoms with Crippen molar-refractivity contribution in [2.24, 2.45) is 0 Å². The van der Waals surface area contributed by atoms with E-state index in [4.69, 9.17) is 4.74 Å². The minimum atomic E-state index is -0.276. The highest BCUT2D eigenvalue weighted by Crippen LogP contribution is 2.22. The SMILES string of the molecule is CCc1c(C(=O)NCCC2=CCCCC2)c(=O)cc(C)n1Cc1ccccc1OC. The molecule has 0 bridgehead atoms. The van der Waals surface area contributed by atoms with Crippen LogP contribution in [0.2, 0.25) is 0 Å². The second-order valence-corrected chi connectivity index (χ2v) is 7.84. The van der Waals surface area contributed by atoms with Gasteiger partial charge in [-0.25, -0.2) is 0 Å². The maximum Gasteiger partial charge on any atom is 0.257 e. The number of nitrogens with zero attached hydrogens (tertiary/aromatic N) is 1. The number of aryl methyl sites for hydroxylation is 1. The van der Waals surface area contributed by atoms with E-state index >= 15 is 0 Å². The van der Waals surface area contributed by atoms with E-state index in [2.05, 4.69) is 16.0 Å². The van der Waals surface area contributed by atoms with Crippen molar-refractivity contribution < 1.29 is 9.53 Å². The Morgan fingerprint density at radius 2 is 2.03 bits per heavy atom. The molecule has 0 saturated carbocycles. The van der Waals surface area contributed by atoms with Gasteiger partial charge in [-0.1, -0.05) is 36.8 Å². The number of carbonyl (C=O) groups is 1. The van der Waals surface area contributed by atoms with Crippen molar-refractivity contribution in [2.75, 3.05) is 13.7 Å². The molecular weight excluding hydrogens is 376 g/mol. The van der Waals surface area contributed by atoms with E-state index in [0.29, 0.717) is 19.5 Å². The monoisotopic (exact) mass is 408 g/mol. The van der Waals surface area contributed by atoms with E-state index in [1.165, 1.54) is 18.4 Å². The van der Waals surface area contributed by atoms with Crippen LogP contribution in [0.3, 0.4) is 0 Å². The molecule has 30 heavy (non-hydrogen) atoms. The van der Waals surface area contributed by atoms with E-state index in [0.717, 1.165) is 42.0 Å². The third-order valence-electron chi connectivity index (χ3n) is 5.83. The third kappa shape index (κ3) is 5.02. The number of aromatic nitrogens is 1. The van der Waals surface area contributed by atoms with Crippen LogP contribution in [0, 0.1) is 6.92 Å². The number of ether oxygens (including phenoxy) is 1. The molecule has 3 rings (SSSR count). The number of allylic oxidation sites excluding steroid dienone is 1. The van der Waals surface area contributed by atoms with Crippen LogP contribution in [-0.2, 0) is 13.0 Å². The lowest BCUT2D eigenvalue weighted by Crippen LogP contribution is -2.33. The summed E-state index contributed by atoms with van der Waals surface area (Å²) in [6.45, 7) is 5.00. The molecule has 0 saturated heterocycles. The Balaban J connectivity index is 1.85. The fourth-order valence-electron chi connectivity index (χ4n) is 4.22. The van der Waals surface area contributed by atoms with Gasteiger partial charge in [-0.3, -0.25) is 9.59 Å². The number of amides is 1. The predicted octanol–water partition coefficient (Wildman–Crippen LogP) is 4.40. The van der Waals surface area contributed by atoms with E-state index in [1.807, 2.05) is 38.1 Å². The lowest BCUT2D eigenvalue weighted by Gasteiger charge is -2.20. The number of para-hydroxylation sites is 1. The molecule has 1 aliphatic carbocycles. The summed E-state index contributed by atoms with van der Waals surface area (Å²) in [7, 11) is 1.65. The van der Waals surface area contributed by atoms with E-state index in [9.17, 15) is 9.59 Å². The third-order valence-corrected chi connectivity index (χ3v) is 5.83. The molecule has 0 fully saturated rings. The average Bonchev–Trinajstić information content (AvgIpc) is 2.76. The molecule has 0 aliphatic heterocycles. The number of nitrogens with one attached hydrogen (secondary N) is 1. The summed E-state index contributed by atoms with van der Waals surface area (Å²) in [5.74, 6) is 0.520. The topological polar surface area (TPSA) is 60.3 Å². The number of hydrogen-bond donors (Lipinski definition) is 1. The maximum atomic E-state index is 13.0. The Bertz CT molecular complexity index is 988. The second-order valence-electron chi connectivity index (χ2n) is 7.84. The van der Waals surface area contributed by atoms with Gasteiger partial charge in [0.1, 0.15) is 11.3 Å². The second kappa shape index (κ2) is 10.3. The molecule has 1 aliphatic rings. The highest BCUT2D eigenvalue weighted by atomic mass is 16.5. The summed E-state index contributed by atoms with van der Waals surface area (Å²) in [4.78, 5) is 25.7. The predicted molar refractivity (Wildman–Crippen MR) is 120 cm³/mol. The van der Waals surface area contributed by atoms with Crippen molar-refractivity contribution in [2.45, 2.75) is 58.9 Å². The minimum Gasteiger partial charge on any atom is -0.496 e. The molecule has 0 unspecified atom stereocenters. The average molecular weight is 409 g/mol. The van der Waals surface area contributed by atoms with Crippen LogP contribution >= 0.6 is 0 Å². The molecule has 1 N–H and O–H groups in total. The van der Waals surface area contributed by atoms with Crippen LogP contribution < -0.4 is 15.5 Å². The number of carbonyl (C=O) groups excluding carboxylic acids is 1. The molecule has 1 amide bonds. The van der Waals surface area contributed by atoms with Crippen molar-refractivity contribution in [3.8, 4) is 5.75 Å². The van der Waals surface area contributed by atoms with E-state index in [1.54, 1.807) is 13.2 Å². The van der Waals surface area contributed by atoms with Gasteiger partial charge in [0.05, 0.1) is 13.7 Å². The van der Waals surface area contributed by atoms with Gasteiger partial charge in [-0.05, 0) is 51.5 Å². The largest absolute Gasteiger partial charge is 0.496 e. The number of rotatable bonds is 8. The van der Waals surface area contributed by atoms with Crippen LogP contribution in [-0.4, -0.2) is 24.1 Å². The summed E-state index contributed by atoms with van der Waals surface area (Å²) in [5, 5.41) is 2.98. The first-order chi connectivity index (χ1) is 14.5. The van der Waals surface area contributed by atoms with Gasteiger partial charge in [-0.15, -0.1) is 0 Å². The van der Waals surface area contributed by atoms with Crippen molar-refractivity contribution >= 4 is 5.91 Å². The normalized spacial score (nSPS) is 13.6. The van der Waals surface area contributed by atoms with Gasteiger partial charge >= 0.3 is 0 Å². The molecule has 0 spiro atoms. The zero-order chi connectivity index (χ0) is 21.5. The molecule has 1 aromatic heterocycles. The van der Waals surface area contributed by atoms with Gasteiger partial charge in [0.2, 0.25) is 0 Å². The van der Waals surface area contributed by atoms with Crippen LogP contribution in [0.5, 0.6) is 5.75 Å². The first-order valence-corrected chi connectivity index (χ1v) is 10.9. The van der Waals surface area contributed by atoms with Gasteiger partial charge in [-0.2, -0.15) is 0 Å². The van der Waals surface area contributed by atoms with Crippen LogP contribution in [0.4, 0.5) is 0 Å². The molecular formula is C25H32N2O3. The van der Waals surface area contributed by atoms with Crippen LogP contribution in [0.15, 0.2) is 46.8 Å². The van der Waals surface area contributed by atoms with Gasteiger partial charge in [0, 0.05) is 29.6 Å². The summed E-state index contributed by atoms with van der Waals surface area (Å²) < 4.78 is 7.54. The summed E-state index contributed by atoms with van der Waals surface area (Å²) >= 11 is 0. The van der Waals surface area contributed by atoms with Crippen molar-refractivity contribution in [3.63, 3.8) is 0 Å². The van der Waals surface area contributed by atoms with Gasteiger partial charge < -0.3 is 14.6 Å². The standard InChI is InChI=1S/C25H32N2O3/c1-4-21-24(25(29)26-15-14-19-10-6-5-7-11-19)22(28)16-18(2)27(21)17-20-12-8-9-13-23(20)30-3/h8-10,12-13,16H,4-7,11,14-15,17H2,1-3H3,(H,26,29). The lowest BCUT2D eigenvalue weighted by atomic mass is 9.97. The highest BCUT2D eigenvalue weighted by molar-refractivity contribution is 5.95. The molecule has 1 heterocycles. The molecule has 1 aromatic carbocycles.